The highest BCUT2D eigenvalue weighted by Gasteiger charge is 2.31. The van der Waals surface area contributed by atoms with Crippen LogP contribution in [0.25, 0.3) is 0 Å². The van der Waals surface area contributed by atoms with E-state index in [0.717, 1.165) is 77.1 Å². The van der Waals surface area contributed by atoms with Crippen LogP contribution in [0.15, 0.2) is 24.3 Å². The van der Waals surface area contributed by atoms with E-state index in [-0.39, 0.29) is 30.2 Å². The van der Waals surface area contributed by atoms with E-state index in [2.05, 4.69) is 14.9 Å². The van der Waals surface area contributed by atoms with E-state index in [4.69, 9.17) is 0 Å². The van der Waals surface area contributed by atoms with Crippen LogP contribution in [0.1, 0.15) is 70.3 Å². The highest BCUT2D eigenvalue weighted by atomic mass is 35.5. The van der Waals surface area contributed by atoms with Crippen LogP contribution in [-0.2, 0) is 16.2 Å². The summed E-state index contributed by atoms with van der Waals surface area (Å²) in [5.41, 5.74) is -0.0845. The third-order valence-corrected chi connectivity index (χ3v) is 8.48. The maximum absolute atomic E-state index is 12.9. The Kier molecular flexibility index (Phi) is 11.4. The van der Waals surface area contributed by atoms with Gasteiger partial charge in [-0.1, -0.05) is 19.4 Å². The van der Waals surface area contributed by atoms with E-state index >= 15 is 0 Å². The minimum absolute atomic E-state index is 0. The Bertz CT molecular complexity index is 838. The van der Waals surface area contributed by atoms with Gasteiger partial charge in [0.1, 0.15) is 0 Å². The number of anilines is 1. The first kappa shape index (κ1) is 29.2. The average Bonchev–Trinajstić information content (AvgIpc) is 2.78. The monoisotopic (exact) mass is 525 g/mol. The number of alkyl halides is 3. The Balaban J connectivity index is 0.00000408. The number of rotatable bonds is 10. The second-order valence-corrected chi connectivity index (χ2v) is 11.5. The highest BCUT2D eigenvalue weighted by molar-refractivity contribution is 7.89. The predicted octanol–water partition coefficient (Wildman–Crippen LogP) is 5.67. The van der Waals surface area contributed by atoms with Gasteiger partial charge in [0.05, 0.1) is 11.3 Å². The molecule has 0 radical (unpaired) electrons. The van der Waals surface area contributed by atoms with Gasteiger partial charge in [0.2, 0.25) is 10.0 Å². The molecule has 0 aromatic heterocycles. The maximum Gasteiger partial charge on any atom is 0.416 e. The maximum atomic E-state index is 12.9. The van der Waals surface area contributed by atoms with E-state index in [0.29, 0.717) is 18.0 Å². The van der Waals surface area contributed by atoms with Gasteiger partial charge in [-0.25, -0.2) is 13.1 Å². The summed E-state index contributed by atoms with van der Waals surface area (Å²) in [4.78, 5) is 2.45. The molecule has 2 aliphatic rings. The number of nitrogens with one attached hydrogen (secondary N) is 2. The second-order valence-electron chi connectivity index (χ2n) is 9.64. The largest absolute Gasteiger partial charge is 0.416 e. The SMILES string of the molecule is CCCCS(=O)(=O)NC1CCC(CCN2CCC(Nc3cccc(C(F)(F)F)c3)CC2)CC1.Cl. The lowest BCUT2D eigenvalue weighted by atomic mass is 9.84. The summed E-state index contributed by atoms with van der Waals surface area (Å²) < 4.78 is 65.8. The zero-order chi connectivity index (χ0) is 23.9. The van der Waals surface area contributed by atoms with Crippen molar-refractivity contribution in [3.05, 3.63) is 29.8 Å². The molecule has 196 valence electrons. The molecule has 1 aromatic carbocycles. The minimum Gasteiger partial charge on any atom is -0.382 e. The standard InChI is InChI=1S/C24H38F3N3O2S.ClH/c1-2-3-17-33(31,32)29-22-9-7-19(8-10-22)11-14-30-15-12-21(13-16-30)28-23-6-4-5-20(18-23)24(25,26)27;/h4-6,18-19,21-22,28-29H,2-3,7-17H2,1H3;1H. The van der Waals surface area contributed by atoms with Gasteiger partial charge in [-0.2, -0.15) is 13.2 Å². The van der Waals surface area contributed by atoms with Crippen molar-refractivity contribution < 1.29 is 21.6 Å². The third kappa shape index (κ3) is 9.55. The molecule has 1 aliphatic heterocycles. The number of halogens is 4. The van der Waals surface area contributed by atoms with Gasteiger partial charge in [0.25, 0.3) is 0 Å². The van der Waals surface area contributed by atoms with Gasteiger partial charge >= 0.3 is 6.18 Å². The molecule has 0 spiro atoms. The van der Waals surface area contributed by atoms with E-state index < -0.39 is 21.8 Å². The fourth-order valence-corrected chi connectivity index (χ4v) is 6.43. The van der Waals surface area contributed by atoms with Gasteiger partial charge in [-0.3, -0.25) is 0 Å². The van der Waals surface area contributed by atoms with Crippen LogP contribution < -0.4 is 10.0 Å². The molecule has 34 heavy (non-hydrogen) atoms. The van der Waals surface area contributed by atoms with Crippen molar-refractivity contribution in [1.82, 2.24) is 9.62 Å². The highest BCUT2D eigenvalue weighted by Crippen LogP contribution is 2.31. The summed E-state index contributed by atoms with van der Waals surface area (Å²) in [7, 11) is -3.15. The number of hydrogen-bond acceptors (Lipinski definition) is 4. The van der Waals surface area contributed by atoms with Crippen LogP contribution in [0.4, 0.5) is 18.9 Å². The summed E-state index contributed by atoms with van der Waals surface area (Å²) in [6, 6.07) is 5.71. The first-order valence-electron chi connectivity index (χ1n) is 12.3. The van der Waals surface area contributed by atoms with Crippen LogP contribution in [0.2, 0.25) is 0 Å². The summed E-state index contributed by atoms with van der Waals surface area (Å²) >= 11 is 0. The lowest BCUT2D eigenvalue weighted by Gasteiger charge is -2.35. The number of likely N-dealkylation sites (tertiary alicyclic amines) is 1. The van der Waals surface area contributed by atoms with Gasteiger partial charge in [-0.05, 0) is 82.0 Å². The fourth-order valence-electron chi connectivity index (χ4n) is 4.90. The van der Waals surface area contributed by atoms with Crippen molar-refractivity contribution in [2.75, 3.05) is 30.7 Å². The molecule has 1 aromatic rings. The summed E-state index contributed by atoms with van der Waals surface area (Å²) in [5.74, 6) is 0.865. The van der Waals surface area contributed by atoms with E-state index in [9.17, 15) is 21.6 Å². The molecule has 5 nitrogen and oxygen atoms in total. The smallest absolute Gasteiger partial charge is 0.382 e. The predicted molar refractivity (Wildman–Crippen MR) is 134 cm³/mol. The van der Waals surface area contributed by atoms with E-state index in [1.54, 1.807) is 6.07 Å². The van der Waals surface area contributed by atoms with Gasteiger partial charge in [0, 0.05) is 30.9 Å². The van der Waals surface area contributed by atoms with Crippen molar-refractivity contribution in [2.45, 2.75) is 83.0 Å². The molecule has 0 unspecified atom stereocenters. The van der Waals surface area contributed by atoms with Crippen LogP contribution in [0.3, 0.4) is 0 Å². The molecule has 0 amide bonds. The number of hydrogen-bond donors (Lipinski definition) is 2. The number of sulfonamides is 1. The van der Waals surface area contributed by atoms with Crippen LogP contribution >= 0.6 is 12.4 Å². The van der Waals surface area contributed by atoms with Crippen LogP contribution in [0.5, 0.6) is 0 Å². The number of benzene rings is 1. The Morgan fingerprint density at radius 3 is 2.32 bits per heavy atom. The molecule has 2 fully saturated rings. The third-order valence-electron chi connectivity index (χ3n) is 6.96. The molecule has 10 heteroatoms. The Morgan fingerprint density at radius 2 is 1.71 bits per heavy atom. The van der Waals surface area contributed by atoms with Crippen molar-refractivity contribution in [1.29, 1.82) is 0 Å². The van der Waals surface area contributed by atoms with Crippen LogP contribution in [-0.4, -0.2) is 50.8 Å². The molecule has 1 heterocycles. The summed E-state index contributed by atoms with van der Waals surface area (Å²) in [5, 5.41) is 3.27. The number of piperidine rings is 1. The molecule has 1 saturated heterocycles. The lowest BCUT2D eigenvalue weighted by Crippen LogP contribution is -2.41. The van der Waals surface area contributed by atoms with Gasteiger partial charge in [0.15, 0.2) is 0 Å². The van der Waals surface area contributed by atoms with Crippen molar-refractivity contribution in [3.8, 4) is 0 Å². The molecular formula is C24H39ClF3N3O2S. The molecule has 3 rings (SSSR count). The van der Waals surface area contributed by atoms with E-state index in [1.807, 2.05) is 6.92 Å². The van der Waals surface area contributed by atoms with Crippen molar-refractivity contribution in [2.24, 2.45) is 5.92 Å². The number of nitrogens with zero attached hydrogens (tertiary/aromatic N) is 1. The topological polar surface area (TPSA) is 61.4 Å². The normalized spacial score (nSPS) is 22.8. The minimum atomic E-state index is -4.32. The molecule has 1 aliphatic carbocycles. The average molecular weight is 526 g/mol. The first-order chi connectivity index (χ1) is 15.6. The molecule has 2 N–H and O–H groups in total. The Morgan fingerprint density at radius 1 is 1.03 bits per heavy atom. The first-order valence-corrected chi connectivity index (χ1v) is 14.0. The van der Waals surface area contributed by atoms with Crippen LogP contribution in [0, 0.1) is 5.92 Å². The summed E-state index contributed by atoms with van der Waals surface area (Å²) in [6.45, 7) is 4.93. The van der Waals surface area contributed by atoms with E-state index in [1.165, 1.54) is 12.1 Å². The molecule has 0 atom stereocenters. The second kappa shape index (κ2) is 13.3. The Labute approximate surface area is 208 Å². The quantitative estimate of drug-likeness (QED) is 0.413. The fraction of sp³-hybridized carbons (Fsp3) is 0.750. The number of unbranched alkanes of at least 4 members (excludes halogenated alkanes) is 1. The molecule has 1 saturated carbocycles. The zero-order valence-electron chi connectivity index (χ0n) is 19.9. The molecule has 0 bridgehead atoms. The van der Waals surface area contributed by atoms with Crippen molar-refractivity contribution in [3.63, 3.8) is 0 Å². The van der Waals surface area contributed by atoms with Gasteiger partial charge in [-0.15, -0.1) is 12.4 Å². The zero-order valence-corrected chi connectivity index (χ0v) is 21.6. The van der Waals surface area contributed by atoms with Gasteiger partial charge < -0.3 is 10.2 Å². The molecular weight excluding hydrogens is 487 g/mol. The van der Waals surface area contributed by atoms with Crippen molar-refractivity contribution >= 4 is 28.1 Å². The lowest BCUT2D eigenvalue weighted by molar-refractivity contribution is -0.137. The Hall–Kier alpha value is -1.03. The summed E-state index contributed by atoms with van der Waals surface area (Å²) in [6.07, 6.45) is 4.19.